The van der Waals surface area contributed by atoms with Crippen molar-refractivity contribution in [2.75, 3.05) is 18.6 Å². The molecule has 11 heavy (non-hydrogen) atoms. The van der Waals surface area contributed by atoms with Crippen LogP contribution in [0.25, 0.3) is 0 Å². The second-order valence-corrected chi connectivity index (χ2v) is 3.38. The fraction of sp³-hybridized carbons (Fsp3) is 0.250. The molecule has 0 atom stereocenters. The number of hydrogen-bond donors (Lipinski definition) is 1. The Hall–Kier alpha value is -0.340. The molecule has 0 heterocycles. The predicted molar refractivity (Wildman–Crippen MR) is 52.8 cm³/mol. The van der Waals surface area contributed by atoms with Gasteiger partial charge in [-0.2, -0.15) is 0 Å². The molecular formula is C8H10ClNS. The normalized spacial score (nSPS) is 9.73. The van der Waals surface area contributed by atoms with E-state index in [9.17, 15) is 0 Å². The van der Waals surface area contributed by atoms with E-state index in [-0.39, 0.29) is 0 Å². The molecule has 0 bridgehead atoms. The highest BCUT2D eigenvalue weighted by Crippen LogP contribution is 2.26. The molecule has 0 saturated carbocycles. The molecule has 0 fully saturated rings. The Bertz CT molecular complexity index is 250. The van der Waals surface area contributed by atoms with Crippen LogP contribution in [-0.2, 0) is 0 Å². The SMILES string of the molecule is CNc1ccc(SC)cc1Cl. The summed E-state index contributed by atoms with van der Waals surface area (Å²) in [5, 5.41) is 3.78. The van der Waals surface area contributed by atoms with Crippen molar-refractivity contribution in [3.05, 3.63) is 23.2 Å². The zero-order valence-corrected chi connectivity index (χ0v) is 8.09. The first kappa shape index (κ1) is 8.75. The van der Waals surface area contributed by atoms with Crippen LogP contribution >= 0.6 is 23.4 Å². The van der Waals surface area contributed by atoms with Crippen molar-refractivity contribution < 1.29 is 0 Å². The third-order valence-electron chi connectivity index (χ3n) is 1.45. The molecule has 0 radical (unpaired) electrons. The third kappa shape index (κ3) is 2.04. The first-order valence-corrected chi connectivity index (χ1v) is 4.89. The molecule has 0 saturated heterocycles. The van der Waals surface area contributed by atoms with Gasteiger partial charge in [0.15, 0.2) is 0 Å². The fourth-order valence-electron chi connectivity index (χ4n) is 0.826. The molecule has 0 aromatic heterocycles. The number of hydrogen-bond acceptors (Lipinski definition) is 2. The van der Waals surface area contributed by atoms with E-state index in [4.69, 9.17) is 11.6 Å². The molecule has 0 spiro atoms. The van der Waals surface area contributed by atoms with E-state index < -0.39 is 0 Å². The standard InChI is InChI=1S/C8H10ClNS/c1-10-8-4-3-6(11-2)5-7(8)9/h3-5,10H,1-2H3. The van der Waals surface area contributed by atoms with Gasteiger partial charge in [0.25, 0.3) is 0 Å². The van der Waals surface area contributed by atoms with Gasteiger partial charge in [-0.15, -0.1) is 11.8 Å². The zero-order chi connectivity index (χ0) is 8.27. The average Bonchev–Trinajstić information content (AvgIpc) is 2.04. The molecule has 0 aliphatic rings. The summed E-state index contributed by atoms with van der Waals surface area (Å²) in [5.74, 6) is 0. The molecular weight excluding hydrogens is 178 g/mol. The number of rotatable bonds is 2. The molecule has 1 aromatic carbocycles. The van der Waals surface area contributed by atoms with Gasteiger partial charge in [-0.05, 0) is 24.5 Å². The van der Waals surface area contributed by atoms with Crippen LogP contribution in [-0.4, -0.2) is 13.3 Å². The lowest BCUT2D eigenvalue weighted by Crippen LogP contribution is -1.88. The smallest absolute Gasteiger partial charge is 0.0648 e. The number of nitrogens with one attached hydrogen (secondary N) is 1. The Morgan fingerprint density at radius 1 is 1.45 bits per heavy atom. The van der Waals surface area contributed by atoms with Crippen LogP contribution < -0.4 is 5.32 Å². The maximum atomic E-state index is 5.93. The summed E-state index contributed by atoms with van der Waals surface area (Å²) in [6.45, 7) is 0. The van der Waals surface area contributed by atoms with Crippen molar-refractivity contribution in [3.63, 3.8) is 0 Å². The maximum Gasteiger partial charge on any atom is 0.0648 e. The molecule has 1 N–H and O–H groups in total. The predicted octanol–water partition coefficient (Wildman–Crippen LogP) is 3.10. The van der Waals surface area contributed by atoms with Crippen molar-refractivity contribution in [2.24, 2.45) is 0 Å². The second kappa shape index (κ2) is 3.88. The van der Waals surface area contributed by atoms with E-state index in [2.05, 4.69) is 5.32 Å². The van der Waals surface area contributed by atoms with Gasteiger partial charge in [-0.1, -0.05) is 11.6 Å². The highest BCUT2D eigenvalue weighted by atomic mass is 35.5. The molecule has 3 heteroatoms. The third-order valence-corrected chi connectivity index (χ3v) is 2.48. The molecule has 1 rings (SSSR count). The van der Waals surface area contributed by atoms with Gasteiger partial charge < -0.3 is 5.32 Å². The zero-order valence-electron chi connectivity index (χ0n) is 6.52. The summed E-state index contributed by atoms with van der Waals surface area (Å²) >= 11 is 7.62. The summed E-state index contributed by atoms with van der Waals surface area (Å²) in [7, 11) is 1.86. The second-order valence-electron chi connectivity index (χ2n) is 2.10. The van der Waals surface area contributed by atoms with Crippen LogP contribution in [0.4, 0.5) is 5.69 Å². The lowest BCUT2D eigenvalue weighted by atomic mass is 10.3. The van der Waals surface area contributed by atoms with Crippen molar-refractivity contribution in [2.45, 2.75) is 4.90 Å². The Labute approximate surface area is 76.1 Å². The van der Waals surface area contributed by atoms with Crippen molar-refractivity contribution in [1.82, 2.24) is 0 Å². The summed E-state index contributed by atoms with van der Waals surface area (Å²) < 4.78 is 0. The Morgan fingerprint density at radius 3 is 2.64 bits per heavy atom. The van der Waals surface area contributed by atoms with E-state index in [1.165, 1.54) is 4.90 Å². The first-order valence-electron chi connectivity index (χ1n) is 3.29. The Kier molecular flexibility index (Phi) is 3.09. The average molecular weight is 188 g/mol. The van der Waals surface area contributed by atoms with Gasteiger partial charge in [0.1, 0.15) is 0 Å². The first-order chi connectivity index (χ1) is 5.27. The van der Waals surface area contributed by atoms with E-state index in [0.29, 0.717) is 0 Å². The minimum atomic E-state index is 0.777. The summed E-state index contributed by atoms with van der Waals surface area (Å²) in [5.41, 5.74) is 0.976. The number of benzene rings is 1. The van der Waals surface area contributed by atoms with E-state index in [0.717, 1.165) is 10.7 Å². The van der Waals surface area contributed by atoms with Crippen molar-refractivity contribution >= 4 is 29.1 Å². The van der Waals surface area contributed by atoms with Crippen LogP contribution in [0, 0.1) is 0 Å². The van der Waals surface area contributed by atoms with Crippen LogP contribution in [0.15, 0.2) is 23.1 Å². The Morgan fingerprint density at radius 2 is 2.18 bits per heavy atom. The largest absolute Gasteiger partial charge is 0.387 e. The van der Waals surface area contributed by atoms with Gasteiger partial charge in [-0.25, -0.2) is 0 Å². The summed E-state index contributed by atoms with van der Waals surface area (Å²) in [6, 6.07) is 5.98. The fourth-order valence-corrected chi connectivity index (χ4v) is 1.61. The topological polar surface area (TPSA) is 12.0 Å². The highest BCUT2D eigenvalue weighted by Gasteiger charge is 1.97. The van der Waals surface area contributed by atoms with E-state index >= 15 is 0 Å². The molecule has 1 aromatic rings. The highest BCUT2D eigenvalue weighted by molar-refractivity contribution is 7.98. The molecule has 0 amide bonds. The molecule has 0 unspecified atom stereocenters. The summed E-state index contributed by atoms with van der Waals surface area (Å²) in [6.07, 6.45) is 2.03. The Balaban J connectivity index is 2.99. The van der Waals surface area contributed by atoms with Crippen LogP contribution in [0.2, 0.25) is 5.02 Å². The van der Waals surface area contributed by atoms with Crippen molar-refractivity contribution in [3.8, 4) is 0 Å². The van der Waals surface area contributed by atoms with Crippen LogP contribution in [0.1, 0.15) is 0 Å². The number of anilines is 1. The van der Waals surface area contributed by atoms with Crippen LogP contribution in [0.5, 0.6) is 0 Å². The van der Waals surface area contributed by atoms with Gasteiger partial charge in [0.05, 0.1) is 10.7 Å². The number of thioether (sulfide) groups is 1. The molecule has 0 aliphatic heterocycles. The van der Waals surface area contributed by atoms with Gasteiger partial charge >= 0.3 is 0 Å². The molecule has 60 valence electrons. The maximum absolute atomic E-state index is 5.93. The van der Waals surface area contributed by atoms with E-state index in [1.807, 2.05) is 31.5 Å². The monoisotopic (exact) mass is 187 g/mol. The van der Waals surface area contributed by atoms with E-state index in [1.54, 1.807) is 11.8 Å². The quantitative estimate of drug-likeness (QED) is 0.715. The van der Waals surface area contributed by atoms with Gasteiger partial charge in [-0.3, -0.25) is 0 Å². The minimum Gasteiger partial charge on any atom is -0.387 e. The molecule has 0 aliphatic carbocycles. The molecule has 1 nitrogen and oxygen atoms in total. The minimum absolute atomic E-state index is 0.777. The number of halogens is 1. The van der Waals surface area contributed by atoms with Crippen LogP contribution in [0.3, 0.4) is 0 Å². The van der Waals surface area contributed by atoms with Crippen molar-refractivity contribution in [1.29, 1.82) is 0 Å². The lowest BCUT2D eigenvalue weighted by Gasteiger charge is -2.03. The lowest BCUT2D eigenvalue weighted by molar-refractivity contribution is 1.42. The van der Waals surface area contributed by atoms with Gasteiger partial charge in [0.2, 0.25) is 0 Å². The summed E-state index contributed by atoms with van der Waals surface area (Å²) in [4.78, 5) is 1.19. The van der Waals surface area contributed by atoms with Gasteiger partial charge in [0, 0.05) is 11.9 Å².